The van der Waals surface area contributed by atoms with Crippen molar-refractivity contribution in [1.29, 1.82) is 0 Å². The van der Waals surface area contributed by atoms with Crippen molar-refractivity contribution in [3.63, 3.8) is 0 Å². The third-order valence-electron chi connectivity index (χ3n) is 5.55. The van der Waals surface area contributed by atoms with E-state index in [2.05, 4.69) is 34.7 Å². The lowest BCUT2D eigenvalue weighted by Gasteiger charge is -2.17. The topological polar surface area (TPSA) is 70.5 Å². The van der Waals surface area contributed by atoms with Crippen LogP contribution in [0.4, 0.5) is 11.5 Å². The van der Waals surface area contributed by atoms with Crippen LogP contribution in [0.5, 0.6) is 0 Å². The molecule has 1 aliphatic heterocycles. The molecule has 0 bridgehead atoms. The minimum absolute atomic E-state index is 0.0125. The number of hydrogen-bond acceptors (Lipinski definition) is 4. The van der Waals surface area contributed by atoms with Gasteiger partial charge in [-0.25, -0.2) is 4.68 Å². The Morgan fingerprint density at radius 3 is 2.45 bits per heavy atom. The molecule has 31 heavy (non-hydrogen) atoms. The van der Waals surface area contributed by atoms with Gasteiger partial charge in [-0.2, -0.15) is 5.10 Å². The van der Waals surface area contributed by atoms with Crippen molar-refractivity contribution in [2.75, 3.05) is 30.9 Å². The van der Waals surface area contributed by atoms with Crippen LogP contribution in [0.2, 0.25) is 0 Å². The number of nitrogens with one attached hydrogen (secondary N) is 1. The summed E-state index contributed by atoms with van der Waals surface area (Å²) in [6.07, 6.45) is 1.91. The molecule has 1 aliphatic rings. The fourth-order valence-electron chi connectivity index (χ4n) is 3.77. The van der Waals surface area contributed by atoms with Crippen LogP contribution in [0.3, 0.4) is 0 Å². The zero-order chi connectivity index (χ0) is 21.8. The van der Waals surface area contributed by atoms with E-state index >= 15 is 0 Å². The second-order valence-electron chi connectivity index (χ2n) is 8.09. The first-order valence-electron chi connectivity index (χ1n) is 10.4. The Hall–Kier alpha value is -3.61. The van der Waals surface area contributed by atoms with Gasteiger partial charge in [0.1, 0.15) is 5.82 Å². The highest BCUT2D eigenvalue weighted by molar-refractivity contribution is 5.96. The number of benzene rings is 2. The number of nitrogens with zero attached hydrogens (tertiary/aromatic N) is 4. The van der Waals surface area contributed by atoms with Gasteiger partial charge in [-0.3, -0.25) is 9.59 Å². The quantitative estimate of drug-likeness (QED) is 0.642. The Morgan fingerprint density at radius 2 is 1.74 bits per heavy atom. The molecule has 0 radical (unpaired) electrons. The van der Waals surface area contributed by atoms with Crippen molar-refractivity contribution in [2.24, 2.45) is 5.92 Å². The first kappa shape index (κ1) is 20.7. The van der Waals surface area contributed by atoms with E-state index in [1.54, 1.807) is 21.8 Å². The summed E-state index contributed by atoms with van der Waals surface area (Å²) in [6.45, 7) is 1.52. The van der Waals surface area contributed by atoms with Crippen molar-refractivity contribution >= 4 is 23.3 Å². The molecule has 1 fully saturated rings. The van der Waals surface area contributed by atoms with Crippen LogP contribution >= 0.6 is 0 Å². The van der Waals surface area contributed by atoms with Crippen LogP contribution in [0, 0.1) is 5.92 Å². The summed E-state index contributed by atoms with van der Waals surface area (Å²) in [6, 6.07) is 19.8. The molecule has 1 aromatic heterocycles. The standard InChI is InChI=1S/C24H27N5O2/c1-27(2)21-10-8-19(9-11-21)16-29-22(12-13-25-29)26-24(31)20-14-23(30)28(17-20)15-18-6-4-3-5-7-18/h3-13,20H,14-17H2,1-2H3,(H,26,31). The Balaban J connectivity index is 1.37. The van der Waals surface area contributed by atoms with Gasteiger partial charge in [0.05, 0.1) is 18.7 Å². The van der Waals surface area contributed by atoms with Gasteiger partial charge in [0.15, 0.2) is 0 Å². The van der Waals surface area contributed by atoms with Gasteiger partial charge < -0.3 is 15.1 Å². The predicted molar refractivity (Wildman–Crippen MR) is 121 cm³/mol. The van der Waals surface area contributed by atoms with Crippen LogP contribution < -0.4 is 10.2 Å². The van der Waals surface area contributed by atoms with Crippen LogP contribution in [-0.2, 0) is 22.7 Å². The number of carbonyl (C=O) groups is 2. The predicted octanol–water partition coefficient (Wildman–Crippen LogP) is 2.98. The van der Waals surface area contributed by atoms with Gasteiger partial charge >= 0.3 is 0 Å². The zero-order valence-electron chi connectivity index (χ0n) is 17.9. The summed E-state index contributed by atoms with van der Waals surface area (Å²) in [5.41, 5.74) is 3.29. The summed E-state index contributed by atoms with van der Waals surface area (Å²) in [4.78, 5) is 29.1. The highest BCUT2D eigenvalue weighted by Crippen LogP contribution is 2.22. The molecule has 2 amide bonds. The summed E-state index contributed by atoms with van der Waals surface area (Å²) in [5, 5.41) is 7.31. The van der Waals surface area contributed by atoms with Crippen LogP contribution in [-0.4, -0.2) is 47.1 Å². The maximum Gasteiger partial charge on any atom is 0.230 e. The number of hydrogen-bond donors (Lipinski definition) is 1. The minimum Gasteiger partial charge on any atom is -0.378 e. The molecule has 160 valence electrons. The molecular formula is C24H27N5O2. The largest absolute Gasteiger partial charge is 0.378 e. The number of amides is 2. The molecule has 1 unspecified atom stereocenters. The molecule has 1 atom stereocenters. The lowest BCUT2D eigenvalue weighted by atomic mass is 10.1. The molecular weight excluding hydrogens is 390 g/mol. The van der Waals surface area contributed by atoms with Crippen LogP contribution in [0.25, 0.3) is 0 Å². The first-order chi connectivity index (χ1) is 15.0. The van der Waals surface area contributed by atoms with E-state index in [0.29, 0.717) is 25.5 Å². The Bertz CT molecular complexity index is 1040. The molecule has 0 aliphatic carbocycles. The monoisotopic (exact) mass is 417 g/mol. The molecule has 0 saturated carbocycles. The molecule has 1 N–H and O–H groups in total. The van der Waals surface area contributed by atoms with Crippen molar-refractivity contribution in [2.45, 2.75) is 19.5 Å². The average molecular weight is 418 g/mol. The lowest BCUT2D eigenvalue weighted by molar-refractivity contribution is -0.128. The van der Waals surface area contributed by atoms with E-state index < -0.39 is 0 Å². The van der Waals surface area contributed by atoms with Crippen molar-refractivity contribution in [1.82, 2.24) is 14.7 Å². The van der Waals surface area contributed by atoms with Gasteiger partial charge in [-0.1, -0.05) is 42.5 Å². The van der Waals surface area contributed by atoms with Gasteiger partial charge in [0.2, 0.25) is 11.8 Å². The van der Waals surface area contributed by atoms with Crippen molar-refractivity contribution in [3.8, 4) is 0 Å². The zero-order valence-corrected chi connectivity index (χ0v) is 17.9. The minimum atomic E-state index is -0.362. The number of likely N-dealkylation sites (tertiary alicyclic amines) is 1. The van der Waals surface area contributed by atoms with E-state index in [1.165, 1.54) is 0 Å². The molecule has 3 aromatic rings. The number of anilines is 2. The third kappa shape index (κ3) is 4.94. The number of rotatable bonds is 7. The molecule has 0 spiro atoms. The second-order valence-corrected chi connectivity index (χ2v) is 8.09. The normalized spacial score (nSPS) is 15.9. The Labute approximate surface area is 182 Å². The molecule has 4 rings (SSSR count). The average Bonchev–Trinajstić information content (AvgIpc) is 3.35. The molecule has 1 saturated heterocycles. The Morgan fingerprint density at radius 1 is 1.03 bits per heavy atom. The second kappa shape index (κ2) is 9.04. The van der Waals surface area contributed by atoms with Gasteiger partial charge in [0.25, 0.3) is 0 Å². The number of aromatic nitrogens is 2. The van der Waals surface area contributed by atoms with E-state index in [1.807, 2.05) is 49.3 Å². The van der Waals surface area contributed by atoms with Gasteiger partial charge in [0, 0.05) is 45.4 Å². The van der Waals surface area contributed by atoms with E-state index in [0.717, 1.165) is 16.8 Å². The van der Waals surface area contributed by atoms with E-state index in [9.17, 15) is 9.59 Å². The summed E-state index contributed by atoms with van der Waals surface area (Å²) >= 11 is 0. The van der Waals surface area contributed by atoms with Crippen LogP contribution in [0.15, 0.2) is 66.9 Å². The number of carbonyl (C=O) groups excluding carboxylic acids is 2. The van der Waals surface area contributed by atoms with Gasteiger partial charge in [-0.05, 0) is 23.3 Å². The van der Waals surface area contributed by atoms with E-state index in [4.69, 9.17) is 0 Å². The summed E-state index contributed by atoms with van der Waals surface area (Å²) in [7, 11) is 4.01. The molecule has 7 heteroatoms. The molecule has 2 heterocycles. The Kier molecular flexibility index (Phi) is 6.02. The van der Waals surface area contributed by atoms with E-state index in [-0.39, 0.29) is 24.2 Å². The highest BCUT2D eigenvalue weighted by Gasteiger charge is 2.34. The maximum atomic E-state index is 12.8. The summed E-state index contributed by atoms with van der Waals surface area (Å²) in [5.74, 6) is 0.140. The fourth-order valence-corrected chi connectivity index (χ4v) is 3.77. The fraction of sp³-hybridized carbons (Fsp3) is 0.292. The molecule has 7 nitrogen and oxygen atoms in total. The third-order valence-corrected chi connectivity index (χ3v) is 5.55. The SMILES string of the molecule is CN(C)c1ccc(Cn2nccc2NC(=O)C2CC(=O)N(Cc3ccccc3)C2)cc1. The van der Waals surface area contributed by atoms with Crippen molar-refractivity contribution in [3.05, 3.63) is 78.0 Å². The van der Waals surface area contributed by atoms with Gasteiger partial charge in [-0.15, -0.1) is 0 Å². The molecule has 2 aromatic carbocycles. The highest BCUT2D eigenvalue weighted by atomic mass is 16.2. The maximum absolute atomic E-state index is 12.8. The van der Waals surface area contributed by atoms with Crippen LogP contribution in [0.1, 0.15) is 17.5 Å². The summed E-state index contributed by atoms with van der Waals surface area (Å²) < 4.78 is 1.76. The first-order valence-corrected chi connectivity index (χ1v) is 10.4. The smallest absolute Gasteiger partial charge is 0.230 e. The van der Waals surface area contributed by atoms with Crippen molar-refractivity contribution < 1.29 is 9.59 Å². The lowest BCUT2D eigenvalue weighted by Crippen LogP contribution is -2.28.